The lowest BCUT2D eigenvalue weighted by atomic mass is 9.77. The first-order valence-electron chi connectivity index (χ1n) is 7.53. The average molecular weight is 265 g/mol. The number of hydrogen-bond donors (Lipinski definition) is 1. The maximum Gasteiger partial charge on any atom is 0.0800 e. The summed E-state index contributed by atoms with van der Waals surface area (Å²) in [5, 5.41) is 0. The predicted octanol–water partition coefficient (Wildman–Crippen LogP) is 4.21. The molecule has 0 aromatic rings. The van der Waals surface area contributed by atoms with Gasteiger partial charge in [-0.3, -0.25) is 0 Å². The van der Waals surface area contributed by atoms with Gasteiger partial charge in [0.15, 0.2) is 0 Å². The molecule has 0 radical (unpaired) electrons. The lowest BCUT2D eigenvalue weighted by Crippen LogP contribution is -2.39. The minimum Gasteiger partial charge on any atom is -0.368 e. The zero-order chi connectivity index (χ0) is 14.7. The summed E-state index contributed by atoms with van der Waals surface area (Å²) < 4.78 is 6.10. The molecule has 0 aromatic carbocycles. The van der Waals surface area contributed by atoms with Crippen molar-refractivity contribution in [2.24, 2.45) is 11.1 Å². The van der Waals surface area contributed by atoms with Crippen LogP contribution in [-0.2, 0) is 4.74 Å². The summed E-state index contributed by atoms with van der Waals surface area (Å²) in [7, 11) is 0. The molecule has 2 N–H and O–H groups in total. The van der Waals surface area contributed by atoms with E-state index in [1.165, 1.54) is 5.57 Å². The fraction of sp³-hybridized carbons (Fsp3) is 0.765. The van der Waals surface area contributed by atoms with E-state index in [2.05, 4.69) is 59.8 Å². The van der Waals surface area contributed by atoms with Crippen molar-refractivity contribution >= 4 is 0 Å². The van der Waals surface area contributed by atoms with Crippen molar-refractivity contribution in [2.45, 2.75) is 78.6 Å². The summed E-state index contributed by atoms with van der Waals surface area (Å²) in [5.74, 6) is 0. The predicted molar refractivity (Wildman–Crippen MR) is 83.1 cm³/mol. The smallest absolute Gasteiger partial charge is 0.0800 e. The van der Waals surface area contributed by atoms with Crippen LogP contribution in [0.4, 0.5) is 0 Å². The van der Waals surface area contributed by atoms with Gasteiger partial charge in [0, 0.05) is 6.04 Å². The number of nitrogens with two attached hydrogens (primary N) is 1. The van der Waals surface area contributed by atoms with Gasteiger partial charge in [-0.05, 0) is 44.1 Å². The second-order valence-electron chi connectivity index (χ2n) is 6.89. The molecule has 19 heavy (non-hydrogen) atoms. The topological polar surface area (TPSA) is 35.2 Å². The highest BCUT2D eigenvalue weighted by Crippen LogP contribution is 2.31. The molecule has 0 saturated carbocycles. The van der Waals surface area contributed by atoms with Crippen molar-refractivity contribution in [3.05, 3.63) is 23.8 Å². The first-order valence-corrected chi connectivity index (χ1v) is 7.53. The van der Waals surface area contributed by atoms with Crippen molar-refractivity contribution in [1.29, 1.82) is 0 Å². The summed E-state index contributed by atoms with van der Waals surface area (Å²) in [5.41, 5.74) is 7.72. The maximum atomic E-state index is 6.38. The molecule has 2 atom stereocenters. The van der Waals surface area contributed by atoms with Crippen LogP contribution in [0.5, 0.6) is 0 Å². The Bertz CT molecular complexity index is 352. The van der Waals surface area contributed by atoms with E-state index < -0.39 is 0 Å². The first kappa shape index (κ1) is 16.5. The van der Waals surface area contributed by atoms with Crippen LogP contribution in [-0.4, -0.2) is 17.7 Å². The Morgan fingerprint density at radius 1 is 1.26 bits per heavy atom. The van der Waals surface area contributed by atoms with Crippen molar-refractivity contribution in [1.82, 2.24) is 0 Å². The van der Waals surface area contributed by atoms with Gasteiger partial charge in [-0.15, -0.1) is 0 Å². The van der Waals surface area contributed by atoms with Crippen LogP contribution in [0.15, 0.2) is 23.8 Å². The van der Waals surface area contributed by atoms with Gasteiger partial charge in [-0.25, -0.2) is 0 Å². The molecule has 0 amide bonds. The van der Waals surface area contributed by atoms with E-state index in [0.717, 1.165) is 19.3 Å². The fourth-order valence-corrected chi connectivity index (χ4v) is 2.10. The van der Waals surface area contributed by atoms with Gasteiger partial charge in [0.1, 0.15) is 0 Å². The SMILES string of the molecule is CCC(C)(C)OC1C=CC(C(N)C(C)(C)CC)=CC1. The molecule has 1 rings (SSSR count). The molecule has 1 aliphatic rings. The maximum absolute atomic E-state index is 6.38. The third kappa shape index (κ3) is 4.47. The molecule has 2 nitrogen and oxygen atoms in total. The summed E-state index contributed by atoms with van der Waals surface area (Å²) in [6.45, 7) is 13.1. The van der Waals surface area contributed by atoms with Gasteiger partial charge in [0.2, 0.25) is 0 Å². The normalized spacial score (nSPS) is 22.3. The second kappa shape index (κ2) is 6.23. The van der Waals surface area contributed by atoms with E-state index in [9.17, 15) is 0 Å². The largest absolute Gasteiger partial charge is 0.368 e. The van der Waals surface area contributed by atoms with Crippen LogP contribution < -0.4 is 5.73 Å². The highest BCUT2D eigenvalue weighted by molar-refractivity contribution is 5.30. The number of hydrogen-bond acceptors (Lipinski definition) is 2. The molecule has 110 valence electrons. The number of ether oxygens (including phenoxy) is 1. The van der Waals surface area contributed by atoms with E-state index >= 15 is 0 Å². The van der Waals surface area contributed by atoms with Gasteiger partial charge in [0.25, 0.3) is 0 Å². The van der Waals surface area contributed by atoms with E-state index in [1.54, 1.807) is 0 Å². The molecule has 0 aromatic heterocycles. The highest BCUT2D eigenvalue weighted by Gasteiger charge is 2.28. The van der Waals surface area contributed by atoms with Crippen LogP contribution in [0.3, 0.4) is 0 Å². The molecular formula is C17H31NO. The lowest BCUT2D eigenvalue weighted by Gasteiger charge is -2.34. The monoisotopic (exact) mass is 265 g/mol. The standard InChI is InChI=1S/C17H31NO/c1-7-16(3,4)15(18)13-9-11-14(12-10-13)19-17(5,6)8-2/h9-11,14-15H,7-8,12,18H2,1-6H3. The third-order valence-electron chi connectivity index (χ3n) is 4.52. The van der Waals surface area contributed by atoms with Crippen LogP contribution in [0.1, 0.15) is 60.8 Å². The minimum absolute atomic E-state index is 0.0504. The van der Waals surface area contributed by atoms with Crippen molar-refractivity contribution < 1.29 is 4.74 Å². The van der Waals surface area contributed by atoms with E-state index in [-0.39, 0.29) is 23.2 Å². The quantitative estimate of drug-likeness (QED) is 0.780. The van der Waals surface area contributed by atoms with E-state index in [0.29, 0.717) is 0 Å². The van der Waals surface area contributed by atoms with E-state index in [4.69, 9.17) is 10.5 Å². The van der Waals surface area contributed by atoms with Crippen molar-refractivity contribution in [3.8, 4) is 0 Å². The Kier molecular flexibility index (Phi) is 5.40. The van der Waals surface area contributed by atoms with Gasteiger partial charge in [-0.1, -0.05) is 45.9 Å². The second-order valence-corrected chi connectivity index (χ2v) is 6.89. The average Bonchev–Trinajstić information content (AvgIpc) is 2.38. The van der Waals surface area contributed by atoms with Crippen LogP contribution in [0.25, 0.3) is 0 Å². The van der Waals surface area contributed by atoms with Crippen molar-refractivity contribution in [2.75, 3.05) is 0 Å². The molecule has 2 unspecified atom stereocenters. The van der Waals surface area contributed by atoms with Gasteiger partial charge in [0.05, 0.1) is 11.7 Å². The Labute approximate surface area is 119 Å². The molecular weight excluding hydrogens is 234 g/mol. The molecule has 0 spiro atoms. The molecule has 0 bridgehead atoms. The van der Waals surface area contributed by atoms with Gasteiger partial charge in [-0.2, -0.15) is 0 Å². The molecule has 1 aliphatic carbocycles. The Morgan fingerprint density at radius 3 is 2.32 bits per heavy atom. The summed E-state index contributed by atoms with van der Waals surface area (Å²) >= 11 is 0. The zero-order valence-corrected chi connectivity index (χ0v) is 13.5. The Morgan fingerprint density at radius 2 is 1.89 bits per heavy atom. The summed E-state index contributed by atoms with van der Waals surface area (Å²) in [6.07, 6.45) is 9.80. The summed E-state index contributed by atoms with van der Waals surface area (Å²) in [4.78, 5) is 0. The lowest BCUT2D eigenvalue weighted by molar-refractivity contribution is -0.0521. The molecule has 0 aliphatic heterocycles. The van der Waals surface area contributed by atoms with Crippen molar-refractivity contribution in [3.63, 3.8) is 0 Å². The fourth-order valence-electron chi connectivity index (χ4n) is 2.10. The third-order valence-corrected chi connectivity index (χ3v) is 4.52. The van der Waals surface area contributed by atoms with Gasteiger partial charge < -0.3 is 10.5 Å². The summed E-state index contributed by atoms with van der Waals surface area (Å²) in [6, 6.07) is 0.105. The van der Waals surface area contributed by atoms with Crippen LogP contribution in [0.2, 0.25) is 0 Å². The molecule has 2 heteroatoms. The zero-order valence-electron chi connectivity index (χ0n) is 13.5. The highest BCUT2D eigenvalue weighted by atomic mass is 16.5. The molecule has 0 fully saturated rings. The molecule has 0 heterocycles. The Hall–Kier alpha value is -0.600. The molecule has 0 saturated heterocycles. The Balaban J connectivity index is 2.63. The number of rotatable bonds is 6. The minimum atomic E-state index is -0.0504. The van der Waals surface area contributed by atoms with Crippen LogP contribution >= 0.6 is 0 Å². The first-order chi connectivity index (χ1) is 8.72. The van der Waals surface area contributed by atoms with Gasteiger partial charge >= 0.3 is 0 Å². The van der Waals surface area contributed by atoms with Crippen LogP contribution in [0, 0.1) is 5.41 Å². The van der Waals surface area contributed by atoms with E-state index in [1.807, 2.05) is 0 Å².